The smallest absolute Gasteiger partial charge is 0.271 e. The van der Waals surface area contributed by atoms with Crippen LogP contribution in [0.15, 0.2) is 89.7 Å². The van der Waals surface area contributed by atoms with E-state index in [9.17, 15) is 14.0 Å². The first-order chi connectivity index (χ1) is 16.5. The van der Waals surface area contributed by atoms with Gasteiger partial charge < -0.3 is 10.1 Å². The van der Waals surface area contributed by atoms with Crippen LogP contribution in [0.4, 0.5) is 4.39 Å². The van der Waals surface area contributed by atoms with Gasteiger partial charge >= 0.3 is 0 Å². The van der Waals surface area contributed by atoms with Crippen molar-refractivity contribution in [1.82, 2.24) is 15.1 Å². The molecule has 6 nitrogen and oxygen atoms in total. The molecule has 4 aromatic rings. The molecule has 0 aliphatic rings. The van der Waals surface area contributed by atoms with E-state index in [-0.39, 0.29) is 29.8 Å². The fourth-order valence-electron chi connectivity index (χ4n) is 3.37. The van der Waals surface area contributed by atoms with Gasteiger partial charge in [-0.05, 0) is 59.5 Å². The van der Waals surface area contributed by atoms with E-state index in [1.807, 2.05) is 12.1 Å². The molecule has 0 saturated heterocycles. The third kappa shape index (κ3) is 5.75. The molecule has 1 heterocycles. The van der Waals surface area contributed by atoms with Gasteiger partial charge in [0.25, 0.3) is 11.5 Å². The first-order valence-corrected chi connectivity index (χ1v) is 11.0. The van der Waals surface area contributed by atoms with Gasteiger partial charge in [-0.2, -0.15) is 4.68 Å². The van der Waals surface area contributed by atoms with E-state index in [1.54, 1.807) is 36.4 Å². The van der Waals surface area contributed by atoms with Gasteiger partial charge in [0.2, 0.25) is 5.88 Å². The molecule has 1 amide bonds. The second kappa shape index (κ2) is 10.6. The van der Waals surface area contributed by atoms with Crippen molar-refractivity contribution < 1.29 is 13.9 Å². The van der Waals surface area contributed by atoms with Gasteiger partial charge in [0, 0.05) is 24.2 Å². The number of benzene rings is 3. The largest absolute Gasteiger partial charge is 0.472 e. The molecular formula is C27H24FN3O3. The molecule has 1 aromatic heterocycles. The van der Waals surface area contributed by atoms with Crippen molar-refractivity contribution in [3.05, 3.63) is 123 Å². The number of nitrogens with one attached hydrogen (secondary N) is 1. The number of carbonyl (C=O) groups excluding carboxylic acids is 1. The second-order valence-electron chi connectivity index (χ2n) is 7.74. The number of ether oxygens (including phenoxy) is 1. The summed E-state index contributed by atoms with van der Waals surface area (Å²) in [4.78, 5) is 24.8. The molecule has 34 heavy (non-hydrogen) atoms. The molecule has 0 radical (unpaired) electrons. The highest BCUT2D eigenvalue weighted by atomic mass is 19.1. The van der Waals surface area contributed by atoms with Crippen molar-refractivity contribution in [2.45, 2.75) is 26.5 Å². The zero-order valence-electron chi connectivity index (χ0n) is 18.7. The lowest BCUT2D eigenvalue weighted by molar-refractivity contribution is 0.0951. The standard InChI is InChI=1S/C27H24FN3O3/c1-2-19-6-8-20(9-7-19)17-29-27(33)22-10-12-24(13-11-22)31-26(32)15-14-25(30-31)34-18-21-4-3-5-23(28)16-21/h3-16H,2,17-18H2,1H3,(H,29,33). The summed E-state index contributed by atoms with van der Waals surface area (Å²) < 4.78 is 20.1. The minimum absolute atomic E-state index is 0.114. The average Bonchev–Trinajstić information content (AvgIpc) is 2.87. The van der Waals surface area contributed by atoms with E-state index >= 15 is 0 Å². The Balaban J connectivity index is 1.41. The molecule has 0 unspecified atom stereocenters. The normalized spacial score (nSPS) is 10.6. The van der Waals surface area contributed by atoms with Crippen LogP contribution in [0, 0.1) is 5.82 Å². The lowest BCUT2D eigenvalue weighted by Gasteiger charge is -2.10. The van der Waals surface area contributed by atoms with E-state index in [2.05, 4.69) is 29.5 Å². The number of hydrogen-bond donors (Lipinski definition) is 1. The van der Waals surface area contributed by atoms with Crippen LogP contribution < -0.4 is 15.6 Å². The summed E-state index contributed by atoms with van der Waals surface area (Å²) in [6, 6.07) is 23.6. The van der Waals surface area contributed by atoms with Gasteiger partial charge in [0.1, 0.15) is 12.4 Å². The van der Waals surface area contributed by atoms with Gasteiger partial charge in [-0.15, -0.1) is 5.10 Å². The summed E-state index contributed by atoms with van der Waals surface area (Å²) >= 11 is 0. The quantitative estimate of drug-likeness (QED) is 0.425. The van der Waals surface area contributed by atoms with E-state index in [0.717, 1.165) is 12.0 Å². The van der Waals surface area contributed by atoms with Gasteiger partial charge in [-0.3, -0.25) is 9.59 Å². The number of rotatable bonds is 8. The summed E-state index contributed by atoms with van der Waals surface area (Å²) in [5, 5.41) is 7.13. The summed E-state index contributed by atoms with van der Waals surface area (Å²) in [5.74, 6) is -0.337. The number of carbonyl (C=O) groups is 1. The molecule has 0 bridgehead atoms. The van der Waals surface area contributed by atoms with Crippen molar-refractivity contribution in [2.75, 3.05) is 0 Å². The highest BCUT2D eigenvalue weighted by molar-refractivity contribution is 5.94. The van der Waals surface area contributed by atoms with Crippen molar-refractivity contribution in [3.63, 3.8) is 0 Å². The molecule has 7 heteroatoms. The van der Waals surface area contributed by atoms with Crippen LogP contribution in [0.1, 0.15) is 34.0 Å². The number of hydrogen-bond acceptors (Lipinski definition) is 4. The van der Waals surface area contributed by atoms with Gasteiger partial charge in [0.15, 0.2) is 0 Å². The Morgan fingerprint density at radius 1 is 0.941 bits per heavy atom. The zero-order chi connectivity index (χ0) is 23.9. The van der Waals surface area contributed by atoms with Crippen LogP contribution in [0.25, 0.3) is 5.69 Å². The molecule has 0 fully saturated rings. The Labute approximate surface area is 196 Å². The maximum Gasteiger partial charge on any atom is 0.271 e. The number of halogens is 1. The lowest BCUT2D eigenvalue weighted by atomic mass is 10.1. The SMILES string of the molecule is CCc1ccc(CNC(=O)c2ccc(-n3nc(OCc4cccc(F)c4)ccc3=O)cc2)cc1. The molecule has 0 saturated carbocycles. The van der Waals surface area contributed by atoms with Crippen LogP contribution in [0.3, 0.4) is 0 Å². The molecule has 1 N–H and O–H groups in total. The molecule has 4 rings (SSSR count). The first-order valence-electron chi connectivity index (χ1n) is 11.0. The topological polar surface area (TPSA) is 73.2 Å². The monoisotopic (exact) mass is 457 g/mol. The maximum atomic E-state index is 13.3. The number of aromatic nitrogens is 2. The fourth-order valence-corrected chi connectivity index (χ4v) is 3.37. The Morgan fingerprint density at radius 3 is 2.38 bits per heavy atom. The zero-order valence-corrected chi connectivity index (χ0v) is 18.7. The maximum absolute atomic E-state index is 13.3. The third-order valence-corrected chi connectivity index (χ3v) is 5.31. The van der Waals surface area contributed by atoms with Crippen molar-refractivity contribution in [1.29, 1.82) is 0 Å². The highest BCUT2D eigenvalue weighted by Crippen LogP contribution is 2.12. The van der Waals surface area contributed by atoms with Crippen molar-refractivity contribution in [3.8, 4) is 11.6 Å². The Kier molecular flexibility index (Phi) is 7.13. The predicted molar refractivity (Wildman–Crippen MR) is 128 cm³/mol. The van der Waals surface area contributed by atoms with Gasteiger partial charge in [-0.25, -0.2) is 4.39 Å². The van der Waals surface area contributed by atoms with Crippen LogP contribution in [0.5, 0.6) is 5.88 Å². The minimum Gasteiger partial charge on any atom is -0.472 e. The molecular weight excluding hydrogens is 433 g/mol. The van der Waals surface area contributed by atoms with E-state index < -0.39 is 0 Å². The molecule has 172 valence electrons. The van der Waals surface area contributed by atoms with Crippen LogP contribution in [0.2, 0.25) is 0 Å². The second-order valence-corrected chi connectivity index (χ2v) is 7.74. The lowest BCUT2D eigenvalue weighted by Crippen LogP contribution is -2.23. The predicted octanol–water partition coefficient (Wildman–Crippen LogP) is 4.44. The summed E-state index contributed by atoms with van der Waals surface area (Å²) in [6.07, 6.45) is 0.971. The van der Waals surface area contributed by atoms with Gasteiger partial charge in [0.05, 0.1) is 5.69 Å². The summed E-state index contributed by atoms with van der Waals surface area (Å²) in [6.45, 7) is 2.64. The number of amides is 1. The Bertz CT molecular complexity index is 1330. The average molecular weight is 458 g/mol. The van der Waals surface area contributed by atoms with E-state index in [4.69, 9.17) is 4.74 Å². The van der Waals surface area contributed by atoms with Crippen LogP contribution >= 0.6 is 0 Å². The third-order valence-electron chi connectivity index (χ3n) is 5.31. The minimum atomic E-state index is -0.349. The fraction of sp³-hybridized carbons (Fsp3) is 0.148. The molecule has 0 aliphatic carbocycles. The summed E-state index contributed by atoms with van der Waals surface area (Å²) in [5.41, 5.74) is 3.54. The molecule has 3 aromatic carbocycles. The van der Waals surface area contributed by atoms with Crippen molar-refractivity contribution in [2.24, 2.45) is 0 Å². The molecule has 0 atom stereocenters. The van der Waals surface area contributed by atoms with E-state index in [0.29, 0.717) is 23.4 Å². The summed E-state index contributed by atoms with van der Waals surface area (Å²) in [7, 11) is 0. The van der Waals surface area contributed by atoms with E-state index in [1.165, 1.54) is 34.5 Å². The number of aryl methyl sites for hydroxylation is 1. The molecule has 0 spiro atoms. The Hall–Kier alpha value is -4.26. The molecule has 0 aliphatic heterocycles. The number of nitrogens with zero attached hydrogens (tertiary/aromatic N) is 2. The van der Waals surface area contributed by atoms with Crippen LogP contribution in [-0.2, 0) is 19.6 Å². The Morgan fingerprint density at radius 2 is 1.68 bits per heavy atom. The highest BCUT2D eigenvalue weighted by Gasteiger charge is 2.09. The van der Waals surface area contributed by atoms with Crippen molar-refractivity contribution >= 4 is 5.91 Å². The van der Waals surface area contributed by atoms with Crippen LogP contribution in [-0.4, -0.2) is 15.7 Å². The first kappa shape index (κ1) is 22.9. The van der Waals surface area contributed by atoms with Gasteiger partial charge in [-0.1, -0.05) is 43.3 Å².